The molecule has 2 heterocycles. The highest BCUT2D eigenvalue weighted by Crippen LogP contribution is 2.59. The van der Waals surface area contributed by atoms with Crippen molar-refractivity contribution < 1.29 is 18.3 Å². The van der Waals surface area contributed by atoms with Crippen molar-refractivity contribution in [2.75, 3.05) is 25.5 Å². The number of aryl methyl sites for hydroxylation is 2. The number of benzene rings is 2. The Morgan fingerprint density at radius 1 is 1.13 bits per heavy atom. The molecule has 2 aromatic carbocycles. The van der Waals surface area contributed by atoms with Gasteiger partial charge in [-0.2, -0.15) is 8.78 Å². The van der Waals surface area contributed by atoms with Gasteiger partial charge in [0.15, 0.2) is 0 Å². The predicted molar refractivity (Wildman–Crippen MR) is 118 cm³/mol. The zero-order chi connectivity index (χ0) is 22.2. The number of hydrogen-bond donors (Lipinski definition) is 2. The second-order valence-corrected chi connectivity index (χ2v) is 7.94. The second kappa shape index (κ2) is 8.05. The summed E-state index contributed by atoms with van der Waals surface area (Å²) in [6.45, 7) is 6.28. The number of fused-ring (bicyclic) bond motifs is 1. The second-order valence-electron chi connectivity index (χ2n) is 7.94. The van der Waals surface area contributed by atoms with Crippen molar-refractivity contribution in [2.24, 2.45) is 0 Å². The Balaban J connectivity index is 1.85. The van der Waals surface area contributed by atoms with E-state index < -0.39 is 17.8 Å². The largest absolute Gasteiger partial charge is 0.496 e. The fourth-order valence-electron chi connectivity index (χ4n) is 4.02. The van der Waals surface area contributed by atoms with Gasteiger partial charge in [0.25, 0.3) is 0 Å². The number of nitrogens with one attached hydrogen (secondary N) is 2. The maximum absolute atomic E-state index is 14.7. The lowest BCUT2D eigenvalue weighted by Gasteiger charge is -2.28. The number of alkyl halides is 2. The van der Waals surface area contributed by atoms with Gasteiger partial charge in [-0.3, -0.25) is 9.72 Å². The first-order valence-corrected chi connectivity index (χ1v) is 10.4. The first-order chi connectivity index (χ1) is 14.8. The molecule has 2 atom stereocenters. The van der Waals surface area contributed by atoms with Gasteiger partial charge in [0, 0.05) is 28.9 Å². The summed E-state index contributed by atoms with van der Waals surface area (Å²) in [6.07, 6.45) is -3.28. The Morgan fingerprint density at radius 3 is 2.58 bits per heavy atom. The lowest BCUT2D eigenvalue weighted by atomic mass is 9.90. The highest BCUT2D eigenvalue weighted by molar-refractivity contribution is 5.91. The van der Waals surface area contributed by atoms with Gasteiger partial charge in [-0.15, -0.1) is 0 Å². The van der Waals surface area contributed by atoms with Crippen LogP contribution in [-0.2, 0) is 4.74 Å². The molecule has 5 nitrogen and oxygen atoms in total. The number of pyridine rings is 1. The molecular formula is C24H27F2N3O2. The van der Waals surface area contributed by atoms with Gasteiger partial charge in [0.1, 0.15) is 5.75 Å². The van der Waals surface area contributed by atoms with Crippen molar-refractivity contribution in [2.45, 2.75) is 38.5 Å². The van der Waals surface area contributed by atoms with Gasteiger partial charge >= 0.3 is 6.11 Å². The van der Waals surface area contributed by atoms with Crippen LogP contribution in [0.25, 0.3) is 10.9 Å². The fourth-order valence-corrected chi connectivity index (χ4v) is 4.02. The lowest BCUT2D eigenvalue weighted by molar-refractivity contribution is 0.000486. The Morgan fingerprint density at radius 2 is 1.90 bits per heavy atom. The maximum Gasteiger partial charge on any atom is 0.389 e. The van der Waals surface area contributed by atoms with Crippen LogP contribution in [0.5, 0.6) is 5.75 Å². The van der Waals surface area contributed by atoms with Crippen LogP contribution in [0, 0.1) is 13.8 Å². The van der Waals surface area contributed by atoms with Gasteiger partial charge in [0.2, 0.25) is 5.60 Å². The summed E-state index contributed by atoms with van der Waals surface area (Å²) < 4.78 is 40.2. The van der Waals surface area contributed by atoms with E-state index in [1.807, 2.05) is 69.3 Å². The number of likely N-dealkylation sites (N-methyl/N-ethyl adjacent to an activating group) is 1. The van der Waals surface area contributed by atoms with E-state index in [0.717, 1.165) is 22.2 Å². The number of methoxy groups -OCH3 is 1. The van der Waals surface area contributed by atoms with Crippen LogP contribution < -0.4 is 15.4 Å². The molecule has 0 aliphatic carbocycles. The van der Waals surface area contributed by atoms with E-state index in [1.165, 1.54) is 0 Å². The third-order valence-corrected chi connectivity index (χ3v) is 5.74. The quantitative estimate of drug-likeness (QED) is 0.497. The van der Waals surface area contributed by atoms with Crippen molar-refractivity contribution >= 4 is 16.6 Å². The van der Waals surface area contributed by atoms with Crippen LogP contribution in [0.1, 0.15) is 29.8 Å². The molecule has 1 aromatic heterocycles. The number of ether oxygens (including phenoxy) is 2. The van der Waals surface area contributed by atoms with Crippen molar-refractivity contribution in [3.05, 3.63) is 65.4 Å². The predicted octanol–water partition coefficient (Wildman–Crippen LogP) is 4.98. The molecule has 0 spiro atoms. The molecule has 4 rings (SSSR count). The number of hydrogen-bond acceptors (Lipinski definition) is 5. The first kappa shape index (κ1) is 21.5. The molecule has 0 saturated carbocycles. The van der Waals surface area contributed by atoms with Crippen LogP contribution in [0.3, 0.4) is 0 Å². The molecule has 0 amide bonds. The molecule has 0 bridgehead atoms. The van der Waals surface area contributed by atoms with Gasteiger partial charge in [0.05, 0.1) is 18.7 Å². The Kier molecular flexibility index (Phi) is 5.58. The van der Waals surface area contributed by atoms with Crippen LogP contribution in [0.15, 0.2) is 48.5 Å². The highest BCUT2D eigenvalue weighted by Gasteiger charge is 2.78. The number of halogens is 2. The number of nitrogens with zero attached hydrogens (tertiary/aromatic N) is 1. The average Bonchev–Trinajstić information content (AvgIpc) is 3.31. The third-order valence-electron chi connectivity index (χ3n) is 5.74. The SMILES string of the molecule is CCNCC1(C(Nc2cccc3nc(C)ccc23)c2ccc(C)cc2OC)OC1(F)F. The van der Waals surface area contributed by atoms with E-state index in [4.69, 9.17) is 9.47 Å². The third kappa shape index (κ3) is 3.83. The first-order valence-electron chi connectivity index (χ1n) is 10.4. The van der Waals surface area contributed by atoms with Crippen LogP contribution in [-0.4, -0.2) is 36.9 Å². The molecule has 3 aromatic rings. The molecule has 1 saturated heterocycles. The van der Waals surface area contributed by atoms with E-state index in [0.29, 0.717) is 23.5 Å². The minimum Gasteiger partial charge on any atom is -0.496 e. The van der Waals surface area contributed by atoms with Crippen LogP contribution in [0.4, 0.5) is 14.5 Å². The van der Waals surface area contributed by atoms with E-state index in [-0.39, 0.29) is 6.54 Å². The number of epoxide rings is 1. The summed E-state index contributed by atoms with van der Waals surface area (Å²) in [4.78, 5) is 4.56. The summed E-state index contributed by atoms with van der Waals surface area (Å²) in [5.41, 5.74) is 2.24. The van der Waals surface area contributed by atoms with E-state index in [1.54, 1.807) is 7.11 Å². The molecule has 164 valence electrons. The fraction of sp³-hybridized carbons (Fsp3) is 0.375. The van der Waals surface area contributed by atoms with Gasteiger partial charge < -0.3 is 15.4 Å². The van der Waals surface area contributed by atoms with Crippen molar-refractivity contribution in [3.8, 4) is 5.75 Å². The van der Waals surface area contributed by atoms with E-state index >= 15 is 0 Å². The molecule has 2 N–H and O–H groups in total. The summed E-state index contributed by atoms with van der Waals surface area (Å²) in [5, 5.41) is 7.25. The normalized spacial score (nSPS) is 20.5. The summed E-state index contributed by atoms with van der Waals surface area (Å²) >= 11 is 0. The van der Waals surface area contributed by atoms with Crippen molar-refractivity contribution in [3.63, 3.8) is 0 Å². The number of rotatable bonds is 8. The zero-order valence-electron chi connectivity index (χ0n) is 18.1. The van der Waals surface area contributed by atoms with E-state index in [9.17, 15) is 8.78 Å². The van der Waals surface area contributed by atoms with Crippen LogP contribution in [0.2, 0.25) is 0 Å². The molecule has 31 heavy (non-hydrogen) atoms. The lowest BCUT2D eigenvalue weighted by Crippen LogP contribution is -2.42. The summed E-state index contributed by atoms with van der Waals surface area (Å²) in [7, 11) is 1.54. The standard InChI is InChI=1S/C24H27F2N3O2/c1-5-27-14-23(24(25,26)31-23)22(18-11-9-15(2)13-21(18)30-4)29-20-8-6-7-19-17(20)12-10-16(3)28-19/h6-13,22,27,29H,5,14H2,1-4H3. The van der Waals surface area contributed by atoms with Crippen LogP contribution >= 0.6 is 0 Å². The Bertz CT molecular complexity index is 1110. The van der Waals surface area contributed by atoms with E-state index in [2.05, 4.69) is 15.6 Å². The minimum absolute atomic E-state index is 0.00663. The summed E-state index contributed by atoms with van der Waals surface area (Å²) in [6, 6.07) is 14.2. The maximum atomic E-state index is 14.7. The van der Waals surface area contributed by atoms with Gasteiger partial charge in [-0.25, -0.2) is 0 Å². The average molecular weight is 427 g/mol. The number of aromatic nitrogens is 1. The summed E-state index contributed by atoms with van der Waals surface area (Å²) in [5.74, 6) is 0.536. The van der Waals surface area contributed by atoms with Crippen molar-refractivity contribution in [1.29, 1.82) is 0 Å². The van der Waals surface area contributed by atoms with Crippen molar-refractivity contribution in [1.82, 2.24) is 10.3 Å². The molecule has 0 radical (unpaired) electrons. The molecule has 1 aliphatic heterocycles. The smallest absolute Gasteiger partial charge is 0.389 e. The molecular weight excluding hydrogens is 400 g/mol. The Hall–Kier alpha value is -2.77. The monoisotopic (exact) mass is 427 g/mol. The Labute approximate surface area is 180 Å². The molecule has 1 aliphatic rings. The topological polar surface area (TPSA) is 58.7 Å². The molecule has 7 heteroatoms. The molecule has 2 unspecified atom stereocenters. The van der Waals surface area contributed by atoms with Gasteiger partial charge in [-0.05, 0) is 56.3 Å². The number of anilines is 1. The molecule has 1 fully saturated rings. The highest BCUT2D eigenvalue weighted by atomic mass is 19.3. The zero-order valence-corrected chi connectivity index (χ0v) is 18.1. The van der Waals surface area contributed by atoms with Gasteiger partial charge in [-0.1, -0.05) is 25.1 Å². The minimum atomic E-state index is -3.28.